The van der Waals surface area contributed by atoms with Gasteiger partial charge in [0.15, 0.2) is 5.16 Å². The molecule has 0 atom stereocenters. The van der Waals surface area contributed by atoms with Gasteiger partial charge in [-0.2, -0.15) is 0 Å². The molecule has 0 aliphatic carbocycles. The van der Waals surface area contributed by atoms with Crippen molar-refractivity contribution in [3.63, 3.8) is 0 Å². The lowest BCUT2D eigenvalue weighted by atomic mass is 10.6. The van der Waals surface area contributed by atoms with Crippen LogP contribution in [0.5, 0.6) is 0 Å². The maximum atomic E-state index is 4.07. The molecule has 0 aliphatic heterocycles. The quantitative estimate of drug-likeness (QED) is 0.492. The van der Waals surface area contributed by atoms with E-state index in [-0.39, 0.29) is 0 Å². The molecule has 0 aromatic carbocycles. The van der Waals surface area contributed by atoms with E-state index in [4.69, 9.17) is 0 Å². The number of thioether (sulfide) groups is 1. The third-order valence-electron chi connectivity index (χ3n) is 0.977. The molecule has 1 rings (SSSR count). The molecule has 0 aliphatic rings. The van der Waals surface area contributed by atoms with E-state index >= 15 is 0 Å². The molecular weight excluding hydrogens is 144 g/mol. The normalized spacial score (nSPS) is 9.70. The second-order valence-electron chi connectivity index (χ2n) is 1.88. The van der Waals surface area contributed by atoms with Gasteiger partial charge >= 0.3 is 0 Å². The van der Waals surface area contributed by atoms with E-state index in [0.29, 0.717) is 0 Å². The van der Waals surface area contributed by atoms with E-state index in [2.05, 4.69) is 16.9 Å². The smallest absolute Gasteiger partial charge is 0.187 e. The van der Waals surface area contributed by atoms with Gasteiger partial charge in [0, 0.05) is 18.1 Å². The first kappa shape index (κ1) is 7.54. The van der Waals surface area contributed by atoms with Crippen molar-refractivity contribution in [2.75, 3.05) is 5.75 Å². The van der Waals surface area contributed by atoms with Crippen LogP contribution in [0.1, 0.15) is 13.3 Å². The van der Waals surface area contributed by atoms with E-state index in [0.717, 1.165) is 10.9 Å². The number of aromatic nitrogens is 2. The van der Waals surface area contributed by atoms with Gasteiger partial charge in [-0.25, -0.2) is 9.97 Å². The predicted molar refractivity (Wildman–Crippen MR) is 43.0 cm³/mol. The van der Waals surface area contributed by atoms with Crippen molar-refractivity contribution in [3.05, 3.63) is 18.5 Å². The predicted octanol–water partition coefficient (Wildman–Crippen LogP) is 1.98. The highest BCUT2D eigenvalue weighted by atomic mass is 32.2. The Hall–Kier alpha value is -0.570. The van der Waals surface area contributed by atoms with Gasteiger partial charge in [0.25, 0.3) is 0 Å². The number of rotatable bonds is 3. The standard InChI is InChI=1S/C7H10N2S/c1-2-6-10-7-8-4-3-5-9-7/h3-5H,2,6H2,1H3. The van der Waals surface area contributed by atoms with Crippen molar-refractivity contribution in [2.45, 2.75) is 18.5 Å². The van der Waals surface area contributed by atoms with Crippen LogP contribution in [0.3, 0.4) is 0 Å². The summed E-state index contributed by atoms with van der Waals surface area (Å²) in [7, 11) is 0. The third kappa shape index (κ3) is 2.35. The molecule has 1 heterocycles. The summed E-state index contributed by atoms with van der Waals surface area (Å²) in [5.41, 5.74) is 0. The first-order valence-electron chi connectivity index (χ1n) is 3.33. The lowest BCUT2D eigenvalue weighted by Crippen LogP contribution is -1.83. The fourth-order valence-corrected chi connectivity index (χ4v) is 1.21. The second kappa shape index (κ2) is 4.28. The van der Waals surface area contributed by atoms with Crippen molar-refractivity contribution >= 4 is 11.8 Å². The summed E-state index contributed by atoms with van der Waals surface area (Å²) in [4.78, 5) is 8.14. The number of hydrogen-bond acceptors (Lipinski definition) is 3. The summed E-state index contributed by atoms with van der Waals surface area (Å²) in [6.45, 7) is 2.15. The van der Waals surface area contributed by atoms with E-state index in [9.17, 15) is 0 Å². The van der Waals surface area contributed by atoms with E-state index in [1.54, 1.807) is 24.2 Å². The maximum Gasteiger partial charge on any atom is 0.187 e. The summed E-state index contributed by atoms with van der Waals surface area (Å²) >= 11 is 1.70. The minimum atomic E-state index is 0.879. The van der Waals surface area contributed by atoms with Crippen LogP contribution in [-0.2, 0) is 0 Å². The Morgan fingerprint density at radius 1 is 1.40 bits per heavy atom. The largest absolute Gasteiger partial charge is 0.231 e. The molecule has 1 aromatic heterocycles. The zero-order valence-electron chi connectivity index (χ0n) is 5.95. The highest BCUT2D eigenvalue weighted by Gasteiger charge is 1.91. The van der Waals surface area contributed by atoms with Gasteiger partial charge in [0.2, 0.25) is 0 Å². The molecule has 3 heteroatoms. The fraction of sp³-hybridized carbons (Fsp3) is 0.429. The third-order valence-corrected chi connectivity index (χ3v) is 2.06. The Morgan fingerprint density at radius 3 is 2.70 bits per heavy atom. The van der Waals surface area contributed by atoms with Crippen molar-refractivity contribution in [1.29, 1.82) is 0 Å². The van der Waals surface area contributed by atoms with Crippen LogP contribution in [0.2, 0.25) is 0 Å². The van der Waals surface area contributed by atoms with Crippen molar-refractivity contribution < 1.29 is 0 Å². The number of nitrogens with zero attached hydrogens (tertiary/aromatic N) is 2. The zero-order valence-corrected chi connectivity index (χ0v) is 6.77. The highest BCUT2D eigenvalue weighted by Crippen LogP contribution is 2.10. The minimum Gasteiger partial charge on any atom is -0.231 e. The van der Waals surface area contributed by atoms with Gasteiger partial charge in [0.05, 0.1) is 0 Å². The Bertz CT molecular complexity index is 176. The molecular formula is C7H10N2S. The summed E-state index contributed by atoms with van der Waals surface area (Å²) in [6.07, 6.45) is 4.71. The lowest BCUT2D eigenvalue weighted by Gasteiger charge is -1.93. The van der Waals surface area contributed by atoms with Gasteiger partial charge < -0.3 is 0 Å². The molecule has 0 radical (unpaired) electrons. The van der Waals surface area contributed by atoms with Crippen LogP contribution in [0.4, 0.5) is 0 Å². The summed E-state index contributed by atoms with van der Waals surface area (Å²) in [5, 5.41) is 0.879. The Kier molecular flexibility index (Phi) is 3.22. The molecule has 0 unspecified atom stereocenters. The van der Waals surface area contributed by atoms with E-state index < -0.39 is 0 Å². The lowest BCUT2D eigenvalue weighted by molar-refractivity contribution is 0.961. The molecule has 0 spiro atoms. The van der Waals surface area contributed by atoms with E-state index in [1.165, 1.54) is 6.42 Å². The Labute approximate surface area is 65.1 Å². The molecule has 2 nitrogen and oxygen atoms in total. The molecule has 0 N–H and O–H groups in total. The van der Waals surface area contributed by atoms with Crippen LogP contribution in [0.25, 0.3) is 0 Å². The van der Waals surface area contributed by atoms with Crippen LogP contribution in [0.15, 0.2) is 23.6 Å². The summed E-state index contributed by atoms with van der Waals surface area (Å²) < 4.78 is 0. The van der Waals surface area contributed by atoms with Crippen molar-refractivity contribution in [3.8, 4) is 0 Å². The summed E-state index contributed by atoms with van der Waals surface area (Å²) in [6, 6.07) is 1.83. The first-order chi connectivity index (χ1) is 4.93. The Morgan fingerprint density at radius 2 is 2.10 bits per heavy atom. The van der Waals surface area contributed by atoms with Crippen LogP contribution in [-0.4, -0.2) is 15.7 Å². The van der Waals surface area contributed by atoms with Crippen molar-refractivity contribution in [2.24, 2.45) is 0 Å². The topological polar surface area (TPSA) is 25.8 Å². The van der Waals surface area contributed by atoms with E-state index in [1.807, 2.05) is 6.07 Å². The van der Waals surface area contributed by atoms with Gasteiger partial charge in [-0.05, 0) is 12.5 Å². The molecule has 54 valence electrons. The summed E-state index contributed by atoms with van der Waals surface area (Å²) in [5.74, 6) is 1.10. The molecule has 0 bridgehead atoms. The fourth-order valence-electron chi connectivity index (χ4n) is 0.553. The molecule has 0 saturated carbocycles. The zero-order chi connectivity index (χ0) is 7.23. The van der Waals surface area contributed by atoms with Crippen LogP contribution >= 0.6 is 11.8 Å². The van der Waals surface area contributed by atoms with Gasteiger partial charge in [-0.1, -0.05) is 18.7 Å². The Balaban J connectivity index is 2.43. The molecule has 10 heavy (non-hydrogen) atoms. The van der Waals surface area contributed by atoms with Gasteiger partial charge in [0.1, 0.15) is 0 Å². The first-order valence-corrected chi connectivity index (χ1v) is 4.32. The average Bonchev–Trinajstić information content (AvgIpc) is 2.03. The second-order valence-corrected chi connectivity index (χ2v) is 2.94. The van der Waals surface area contributed by atoms with Gasteiger partial charge in [-0.3, -0.25) is 0 Å². The number of hydrogen-bond donors (Lipinski definition) is 0. The molecule has 0 amide bonds. The average molecular weight is 154 g/mol. The maximum absolute atomic E-state index is 4.07. The minimum absolute atomic E-state index is 0.879. The monoisotopic (exact) mass is 154 g/mol. The van der Waals surface area contributed by atoms with Crippen molar-refractivity contribution in [1.82, 2.24) is 9.97 Å². The molecule has 0 fully saturated rings. The molecule has 0 saturated heterocycles. The molecule has 1 aromatic rings. The SMILES string of the molecule is CCCSc1ncccn1. The van der Waals surface area contributed by atoms with Crippen LogP contribution in [0, 0.1) is 0 Å². The van der Waals surface area contributed by atoms with Gasteiger partial charge in [-0.15, -0.1) is 0 Å². The van der Waals surface area contributed by atoms with Crippen LogP contribution < -0.4 is 0 Å². The highest BCUT2D eigenvalue weighted by molar-refractivity contribution is 7.99.